The van der Waals surface area contributed by atoms with E-state index < -0.39 is 0 Å². The third-order valence-corrected chi connectivity index (χ3v) is 6.37. The smallest absolute Gasteiger partial charge is 0.278 e. The summed E-state index contributed by atoms with van der Waals surface area (Å²) in [5.41, 5.74) is 2.82. The van der Waals surface area contributed by atoms with Crippen LogP contribution in [-0.2, 0) is 17.7 Å². The molecule has 0 radical (unpaired) electrons. The Labute approximate surface area is 187 Å². The molecule has 1 aromatic carbocycles. The van der Waals surface area contributed by atoms with Crippen LogP contribution in [0.3, 0.4) is 0 Å². The number of carbonyl (C=O) groups excluding carboxylic acids is 1. The monoisotopic (exact) mass is 449 g/mol. The first-order valence-corrected chi connectivity index (χ1v) is 11.0. The number of para-hydroxylation sites is 1. The number of thiazole rings is 1. The van der Waals surface area contributed by atoms with E-state index in [1.807, 2.05) is 11.8 Å². The van der Waals surface area contributed by atoms with Crippen molar-refractivity contribution < 1.29 is 9.53 Å². The van der Waals surface area contributed by atoms with Crippen molar-refractivity contribution in [3.63, 3.8) is 0 Å². The van der Waals surface area contributed by atoms with Crippen LogP contribution < -0.4 is 4.90 Å². The summed E-state index contributed by atoms with van der Waals surface area (Å²) in [5.74, 6) is -0.0466. The molecule has 0 bridgehead atoms. The molecule has 7 nitrogen and oxygen atoms in total. The Morgan fingerprint density at radius 2 is 2.03 bits per heavy atom. The van der Waals surface area contributed by atoms with Gasteiger partial charge in [0.05, 0.1) is 23.4 Å². The quantitative estimate of drug-likeness (QED) is 0.552. The molecule has 30 heavy (non-hydrogen) atoms. The third-order valence-electron chi connectivity index (χ3n) is 5.33. The Hall–Kier alpha value is -2.00. The zero-order valence-corrected chi connectivity index (χ0v) is 19.0. The summed E-state index contributed by atoms with van der Waals surface area (Å²) in [7, 11) is 0. The van der Waals surface area contributed by atoms with Gasteiger partial charge in [0.15, 0.2) is 5.13 Å². The molecule has 0 N–H and O–H groups in total. The second kappa shape index (κ2) is 10.3. The largest absolute Gasteiger partial charge is 0.379 e. The molecule has 1 saturated heterocycles. The SMILES string of the molecule is CCc1cccc2sc(N(CCN3CCOCC3)C(=O)c3ccnn3CC)nc12.Cl. The highest BCUT2D eigenvalue weighted by Crippen LogP contribution is 2.31. The fourth-order valence-electron chi connectivity index (χ4n) is 3.65. The number of hydrogen-bond acceptors (Lipinski definition) is 6. The van der Waals surface area contributed by atoms with Crippen LogP contribution in [0.4, 0.5) is 5.13 Å². The first kappa shape index (κ1) is 22.7. The number of fused-ring (bicyclic) bond motifs is 1. The van der Waals surface area contributed by atoms with Crippen molar-refractivity contribution in [3.8, 4) is 0 Å². The number of halogens is 1. The number of amides is 1. The van der Waals surface area contributed by atoms with Gasteiger partial charge in [0.2, 0.25) is 0 Å². The Balaban J connectivity index is 0.00000256. The Kier molecular flexibility index (Phi) is 7.82. The number of benzene rings is 1. The van der Waals surface area contributed by atoms with Crippen LogP contribution in [0.2, 0.25) is 0 Å². The summed E-state index contributed by atoms with van der Waals surface area (Å²) < 4.78 is 8.31. The highest BCUT2D eigenvalue weighted by atomic mass is 35.5. The number of carbonyl (C=O) groups is 1. The van der Waals surface area contributed by atoms with Crippen LogP contribution in [0.15, 0.2) is 30.5 Å². The van der Waals surface area contributed by atoms with E-state index in [0.29, 0.717) is 18.8 Å². The summed E-state index contributed by atoms with van der Waals surface area (Å²) in [6.45, 7) is 9.47. The number of aromatic nitrogens is 3. The predicted molar refractivity (Wildman–Crippen MR) is 123 cm³/mol. The van der Waals surface area contributed by atoms with Gasteiger partial charge in [0, 0.05) is 38.9 Å². The molecule has 4 rings (SSSR count). The van der Waals surface area contributed by atoms with Gasteiger partial charge in [-0.3, -0.25) is 19.3 Å². The van der Waals surface area contributed by atoms with Crippen molar-refractivity contribution in [2.24, 2.45) is 0 Å². The van der Waals surface area contributed by atoms with E-state index in [0.717, 1.165) is 54.6 Å². The van der Waals surface area contributed by atoms with Crippen molar-refractivity contribution in [1.82, 2.24) is 19.7 Å². The molecule has 0 saturated carbocycles. The van der Waals surface area contributed by atoms with Crippen LogP contribution in [0.1, 0.15) is 29.9 Å². The normalized spacial score (nSPS) is 14.6. The molecular formula is C21H28ClN5O2S. The van der Waals surface area contributed by atoms with Crippen LogP contribution in [-0.4, -0.2) is 65.0 Å². The van der Waals surface area contributed by atoms with E-state index in [1.165, 1.54) is 5.56 Å². The number of hydrogen-bond donors (Lipinski definition) is 0. The van der Waals surface area contributed by atoms with Gasteiger partial charge in [0.25, 0.3) is 5.91 Å². The highest BCUT2D eigenvalue weighted by Gasteiger charge is 2.25. The lowest BCUT2D eigenvalue weighted by Gasteiger charge is -2.29. The molecule has 0 aliphatic carbocycles. The third kappa shape index (κ3) is 4.67. The molecule has 0 unspecified atom stereocenters. The van der Waals surface area contributed by atoms with Crippen molar-refractivity contribution in [3.05, 3.63) is 41.7 Å². The van der Waals surface area contributed by atoms with Gasteiger partial charge in [-0.2, -0.15) is 5.10 Å². The first-order chi connectivity index (χ1) is 14.2. The van der Waals surface area contributed by atoms with Crippen molar-refractivity contribution in [2.75, 3.05) is 44.3 Å². The van der Waals surface area contributed by atoms with Crippen molar-refractivity contribution >= 4 is 45.0 Å². The minimum atomic E-state index is -0.0466. The Bertz CT molecular complexity index is 983. The maximum atomic E-state index is 13.5. The van der Waals surface area contributed by atoms with Crippen LogP contribution >= 0.6 is 23.7 Å². The Morgan fingerprint density at radius 1 is 1.23 bits per heavy atom. The molecule has 0 atom stereocenters. The molecule has 162 valence electrons. The average Bonchev–Trinajstić information content (AvgIpc) is 3.41. The summed E-state index contributed by atoms with van der Waals surface area (Å²) in [4.78, 5) is 22.5. The van der Waals surface area contributed by atoms with E-state index in [9.17, 15) is 4.79 Å². The van der Waals surface area contributed by atoms with Gasteiger partial charge >= 0.3 is 0 Å². The van der Waals surface area contributed by atoms with Gasteiger partial charge in [-0.1, -0.05) is 30.4 Å². The summed E-state index contributed by atoms with van der Waals surface area (Å²) in [5, 5.41) is 5.03. The molecule has 9 heteroatoms. The molecule has 3 heterocycles. The first-order valence-electron chi connectivity index (χ1n) is 10.2. The van der Waals surface area contributed by atoms with Gasteiger partial charge in [-0.05, 0) is 31.0 Å². The molecule has 1 aliphatic heterocycles. The second-order valence-corrected chi connectivity index (χ2v) is 8.07. The molecule has 0 spiro atoms. The van der Waals surface area contributed by atoms with E-state index in [1.54, 1.807) is 28.3 Å². The number of nitrogens with zero attached hydrogens (tertiary/aromatic N) is 5. The van der Waals surface area contributed by atoms with Crippen molar-refractivity contribution in [1.29, 1.82) is 0 Å². The number of ether oxygens (including phenoxy) is 1. The predicted octanol–water partition coefficient (Wildman–Crippen LogP) is 3.48. The number of aryl methyl sites for hydroxylation is 2. The maximum absolute atomic E-state index is 13.5. The van der Waals surface area contributed by atoms with Gasteiger partial charge in [-0.25, -0.2) is 4.98 Å². The van der Waals surface area contributed by atoms with E-state index >= 15 is 0 Å². The second-order valence-electron chi connectivity index (χ2n) is 7.06. The summed E-state index contributed by atoms with van der Waals surface area (Å²) in [6.07, 6.45) is 2.61. The zero-order valence-electron chi connectivity index (χ0n) is 17.4. The molecule has 3 aromatic rings. The Morgan fingerprint density at radius 3 is 2.77 bits per heavy atom. The zero-order chi connectivity index (χ0) is 20.2. The molecule has 1 fully saturated rings. The molecule has 1 amide bonds. The lowest BCUT2D eigenvalue weighted by Crippen LogP contribution is -2.43. The number of morpholine rings is 1. The highest BCUT2D eigenvalue weighted by molar-refractivity contribution is 7.22. The van der Waals surface area contributed by atoms with Crippen LogP contribution in [0.25, 0.3) is 10.2 Å². The summed E-state index contributed by atoms with van der Waals surface area (Å²) >= 11 is 1.58. The number of anilines is 1. The minimum Gasteiger partial charge on any atom is -0.379 e. The van der Waals surface area contributed by atoms with Gasteiger partial charge in [-0.15, -0.1) is 12.4 Å². The van der Waals surface area contributed by atoms with Crippen LogP contribution in [0.5, 0.6) is 0 Å². The lowest BCUT2D eigenvalue weighted by atomic mass is 10.1. The lowest BCUT2D eigenvalue weighted by molar-refractivity contribution is 0.0391. The van der Waals surface area contributed by atoms with E-state index in [-0.39, 0.29) is 18.3 Å². The molecular weight excluding hydrogens is 422 g/mol. The van der Waals surface area contributed by atoms with Crippen LogP contribution in [0, 0.1) is 0 Å². The van der Waals surface area contributed by atoms with E-state index in [4.69, 9.17) is 9.72 Å². The number of rotatable bonds is 7. The van der Waals surface area contributed by atoms with E-state index in [2.05, 4.69) is 35.1 Å². The van der Waals surface area contributed by atoms with Crippen molar-refractivity contribution in [2.45, 2.75) is 26.8 Å². The van der Waals surface area contributed by atoms with Gasteiger partial charge < -0.3 is 4.74 Å². The molecule has 1 aliphatic rings. The maximum Gasteiger partial charge on any atom is 0.278 e. The standard InChI is InChI=1S/C21H27N5O2S.ClH/c1-3-16-6-5-7-18-19(16)23-21(29-18)25(11-10-24-12-14-28-15-13-24)20(27)17-8-9-22-26(17)4-2;/h5-9H,3-4,10-15H2,1-2H3;1H. The molecule has 2 aromatic heterocycles. The minimum absolute atomic E-state index is 0. The fraction of sp³-hybridized carbons (Fsp3) is 0.476. The average molecular weight is 450 g/mol. The summed E-state index contributed by atoms with van der Waals surface area (Å²) in [6, 6.07) is 8.04. The van der Waals surface area contributed by atoms with Gasteiger partial charge in [0.1, 0.15) is 5.69 Å². The topological polar surface area (TPSA) is 63.5 Å². The fourth-order valence-corrected chi connectivity index (χ4v) is 4.69.